The van der Waals surface area contributed by atoms with Crippen LogP contribution in [0.25, 0.3) is 0 Å². The lowest BCUT2D eigenvalue weighted by Crippen LogP contribution is -2.35. The van der Waals surface area contributed by atoms with Gasteiger partial charge in [-0.1, -0.05) is 12.8 Å². The first-order chi connectivity index (χ1) is 13.9. The van der Waals surface area contributed by atoms with Crippen LogP contribution in [-0.4, -0.2) is 48.3 Å². The standard InChI is InChI=1S/C21H26N2O6/c1-13(19(25)22-14-7-9-15(28-2)10-8-14)29-18(24)11-12-23-20(26)16-5-3-4-6-17(16)21(23)27/h7-10,13,16-17H,3-6,11-12H2,1-2H3,(H,22,25)/t13-,16-,17-/m0/s1. The van der Waals surface area contributed by atoms with Crippen molar-refractivity contribution < 1.29 is 28.7 Å². The predicted octanol–water partition coefficient (Wildman–Crippen LogP) is 2.13. The Morgan fingerprint density at radius 1 is 1.10 bits per heavy atom. The molecule has 1 heterocycles. The summed E-state index contributed by atoms with van der Waals surface area (Å²) in [6.07, 6.45) is 2.25. The predicted molar refractivity (Wildman–Crippen MR) is 104 cm³/mol. The Balaban J connectivity index is 1.46. The summed E-state index contributed by atoms with van der Waals surface area (Å²) in [5, 5.41) is 2.65. The van der Waals surface area contributed by atoms with Gasteiger partial charge in [-0.15, -0.1) is 0 Å². The number of rotatable bonds is 7. The number of esters is 1. The van der Waals surface area contributed by atoms with Gasteiger partial charge in [-0.3, -0.25) is 24.1 Å². The summed E-state index contributed by atoms with van der Waals surface area (Å²) in [6, 6.07) is 6.76. The Hall–Kier alpha value is -2.90. The number of amides is 3. The maximum atomic E-state index is 12.4. The summed E-state index contributed by atoms with van der Waals surface area (Å²) >= 11 is 0. The number of methoxy groups -OCH3 is 1. The van der Waals surface area contributed by atoms with Gasteiger partial charge in [-0.05, 0) is 44.0 Å². The fraction of sp³-hybridized carbons (Fsp3) is 0.524. The molecule has 1 aliphatic heterocycles. The Bertz CT molecular complexity index is 767. The minimum atomic E-state index is -1.00. The van der Waals surface area contributed by atoms with Crippen LogP contribution in [0.15, 0.2) is 24.3 Å². The van der Waals surface area contributed by atoms with Crippen molar-refractivity contribution in [1.29, 1.82) is 0 Å². The van der Waals surface area contributed by atoms with Crippen LogP contribution >= 0.6 is 0 Å². The minimum Gasteiger partial charge on any atom is -0.497 e. The second kappa shape index (κ2) is 9.07. The molecule has 1 N–H and O–H groups in total. The van der Waals surface area contributed by atoms with Crippen LogP contribution in [0.1, 0.15) is 39.0 Å². The largest absolute Gasteiger partial charge is 0.497 e. The summed E-state index contributed by atoms with van der Waals surface area (Å²) in [7, 11) is 1.55. The van der Waals surface area contributed by atoms with E-state index >= 15 is 0 Å². The zero-order chi connectivity index (χ0) is 21.0. The SMILES string of the molecule is COc1ccc(NC(=O)[C@H](C)OC(=O)CCN2C(=O)[C@H]3CCCC[C@@H]3C2=O)cc1. The zero-order valence-corrected chi connectivity index (χ0v) is 16.7. The highest BCUT2D eigenvalue weighted by atomic mass is 16.5. The highest BCUT2D eigenvalue weighted by Gasteiger charge is 2.47. The van der Waals surface area contributed by atoms with E-state index in [0.29, 0.717) is 11.4 Å². The van der Waals surface area contributed by atoms with E-state index < -0.39 is 18.0 Å². The Labute approximate surface area is 169 Å². The van der Waals surface area contributed by atoms with Gasteiger partial charge in [-0.2, -0.15) is 0 Å². The molecule has 2 aliphatic rings. The van der Waals surface area contributed by atoms with Crippen LogP contribution in [0, 0.1) is 11.8 Å². The van der Waals surface area contributed by atoms with Crippen molar-refractivity contribution in [2.75, 3.05) is 19.0 Å². The zero-order valence-electron chi connectivity index (χ0n) is 16.7. The molecule has 0 aromatic heterocycles. The third kappa shape index (κ3) is 4.75. The van der Waals surface area contributed by atoms with Gasteiger partial charge in [0.1, 0.15) is 5.75 Å². The molecular weight excluding hydrogens is 376 g/mol. The van der Waals surface area contributed by atoms with Crippen LogP contribution in [-0.2, 0) is 23.9 Å². The maximum Gasteiger partial charge on any atom is 0.308 e. The molecule has 8 heteroatoms. The van der Waals surface area contributed by atoms with Crippen molar-refractivity contribution in [1.82, 2.24) is 4.90 Å². The van der Waals surface area contributed by atoms with Crippen molar-refractivity contribution in [3.8, 4) is 5.75 Å². The third-order valence-corrected chi connectivity index (χ3v) is 5.51. The van der Waals surface area contributed by atoms with E-state index in [2.05, 4.69) is 5.32 Å². The molecule has 2 fully saturated rings. The molecule has 0 radical (unpaired) electrons. The Morgan fingerprint density at radius 3 is 2.24 bits per heavy atom. The van der Waals surface area contributed by atoms with E-state index in [4.69, 9.17) is 9.47 Å². The molecule has 0 unspecified atom stereocenters. The number of nitrogens with zero attached hydrogens (tertiary/aromatic N) is 1. The number of ether oxygens (including phenoxy) is 2. The number of likely N-dealkylation sites (tertiary alicyclic amines) is 1. The van der Waals surface area contributed by atoms with Crippen molar-refractivity contribution >= 4 is 29.4 Å². The number of anilines is 1. The fourth-order valence-corrected chi connectivity index (χ4v) is 3.88. The van der Waals surface area contributed by atoms with Gasteiger partial charge in [0.15, 0.2) is 6.10 Å². The smallest absolute Gasteiger partial charge is 0.308 e. The number of hydrogen-bond acceptors (Lipinski definition) is 6. The van der Waals surface area contributed by atoms with Gasteiger partial charge in [0.25, 0.3) is 5.91 Å². The molecule has 1 aromatic rings. The van der Waals surface area contributed by atoms with Crippen molar-refractivity contribution in [2.24, 2.45) is 11.8 Å². The highest BCUT2D eigenvalue weighted by molar-refractivity contribution is 6.05. The van der Waals surface area contributed by atoms with Gasteiger partial charge in [-0.25, -0.2) is 0 Å². The quantitative estimate of drug-likeness (QED) is 0.554. The summed E-state index contributed by atoms with van der Waals surface area (Å²) in [5.41, 5.74) is 0.551. The van der Waals surface area contributed by atoms with E-state index in [1.165, 1.54) is 11.8 Å². The van der Waals surface area contributed by atoms with E-state index in [1.807, 2.05) is 0 Å². The molecule has 0 bridgehead atoms. The van der Waals surface area contributed by atoms with Gasteiger partial charge in [0.2, 0.25) is 11.8 Å². The molecule has 29 heavy (non-hydrogen) atoms. The normalized spacial score (nSPS) is 22.1. The van der Waals surface area contributed by atoms with Crippen LogP contribution < -0.4 is 10.1 Å². The molecular formula is C21H26N2O6. The summed E-state index contributed by atoms with van der Waals surface area (Å²) in [5.74, 6) is -1.27. The molecule has 1 aromatic carbocycles. The number of carbonyl (C=O) groups excluding carboxylic acids is 4. The van der Waals surface area contributed by atoms with Crippen LogP contribution in [0.2, 0.25) is 0 Å². The monoisotopic (exact) mass is 402 g/mol. The first-order valence-electron chi connectivity index (χ1n) is 9.90. The minimum absolute atomic E-state index is 0.00365. The van der Waals surface area contributed by atoms with Crippen molar-refractivity contribution in [3.63, 3.8) is 0 Å². The van der Waals surface area contributed by atoms with Crippen LogP contribution in [0.3, 0.4) is 0 Å². The second-order valence-electron chi connectivity index (χ2n) is 7.43. The van der Waals surface area contributed by atoms with Gasteiger partial charge >= 0.3 is 5.97 Å². The second-order valence-corrected chi connectivity index (χ2v) is 7.43. The fourth-order valence-electron chi connectivity index (χ4n) is 3.88. The van der Waals surface area contributed by atoms with Crippen LogP contribution in [0.5, 0.6) is 5.75 Å². The van der Waals surface area contributed by atoms with E-state index in [9.17, 15) is 19.2 Å². The summed E-state index contributed by atoms with van der Waals surface area (Å²) < 4.78 is 10.2. The molecule has 0 spiro atoms. The average molecular weight is 402 g/mol. The van der Waals surface area contributed by atoms with Gasteiger partial charge < -0.3 is 14.8 Å². The number of benzene rings is 1. The average Bonchev–Trinajstić information content (AvgIpc) is 2.97. The van der Waals surface area contributed by atoms with Crippen molar-refractivity contribution in [3.05, 3.63) is 24.3 Å². The molecule has 1 saturated carbocycles. The highest BCUT2D eigenvalue weighted by Crippen LogP contribution is 2.37. The molecule has 3 atom stereocenters. The molecule has 1 aliphatic carbocycles. The summed E-state index contributed by atoms with van der Waals surface area (Å²) in [4.78, 5) is 50.3. The topological polar surface area (TPSA) is 102 Å². The first-order valence-corrected chi connectivity index (χ1v) is 9.90. The Morgan fingerprint density at radius 2 is 1.69 bits per heavy atom. The lowest BCUT2D eigenvalue weighted by Gasteiger charge is -2.19. The molecule has 3 rings (SSSR count). The number of hydrogen-bond donors (Lipinski definition) is 1. The first kappa shape index (κ1) is 20.8. The number of carbonyl (C=O) groups is 4. The summed E-state index contributed by atoms with van der Waals surface area (Å²) in [6.45, 7) is 1.47. The molecule has 3 amide bonds. The maximum absolute atomic E-state index is 12.4. The van der Waals surface area contributed by atoms with E-state index in [-0.39, 0.29) is 36.6 Å². The number of nitrogens with one attached hydrogen (secondary N) is 1. The third-order valence-electron chi connectivity index (χ3n) is 5.51. The number of fused-ring (bicyclic) bond motifs is 1. The molecule has 156 valence electrons. The van der Waals surface area contributed by atoms with Crippen molar-refractivity contribution in [2.45, 2.75) is 45.1 Å². The molecule has 1 saturated heterocycles. The molecule has 8 nitrogen and oxygen atoms in total. The lowest BCUT2D eigenvalue weighted by molar-refractivity contribution is -0.154. The van der Waals surface area contributed by atoms with Gasteiger partial charge in [0.05, 0.1) is 25.4 Å². The van der Waals surface area contributed by atoms with E-state index in [0.717, 1.165) is 25.7 Å². The number of imide groups is 1. The lowest BCUT2D eigenvalue weighted by atomic mass is 9.81. The van der Waals surface area contributed by atoms with E-state index in [1.54, 1.807) is 31.4 Å². The van der Waals surface area contributed by atoms with Crippen LogP contribution in [0.4, 0.5) is 5.69 Å². The Kier molecular flexibility index (Phi) is 6.51. The van der Waals surface area contributed by atoms with Gasteiger partial charge in [0, 0.05) is 12.2 Å².